The van der Waals surface area contributed by atoms with Gasteiger partial charge in [0.25, 0.3) is 0 Å². The van der Waals surface area contributed by atoms with Gasteiger partial charge in [0.15, 0.2) is 0 Å². The van der Waals surface area contributed by atoms with Crippen LogP contribution in [0.5, 0.6) is 0 Å². The quantitative estimate of drug-likeness (QED) is 0.814. The van der Waals surface area contributed by atoms with E-state index in [9.17, 15) is 4.79 Å². The Labute approximate surface area is 120 Å². The van der Waals surface area contributed by atoms with Crippen LogP contribution in [0.1, 0.15) is 18.1 Å². The molecule has 0 fully saturated rings. The van der Waals surface area contributed by atoms with E-state index in [2.05, 4.69) is 11.9 Å². The molecule has 2 nitrogen and oxygen atoms in total. The van der Waals surface area contributed by atoms with Gasteiger partial charge in [0.2, 0.25) is 5.91 Å². The summed E-state index contributed by atoms with van der Waals surface area (Å²) in [5, 5.41) is 2.98. The Kier molecular flexibility index (Phi) is 4.72. The molecule has 102 valence electrons. The van der Waals surface area contributed by atoms with Gasteiger partial charge in [0.05, 0.1) is 6.42 Å². The minimum Gasteiger partial charge on any atom is -0.326 e. The maximum Gasteiger partial charge on any atom is 0.228 e. The van der Waals surface area contributed by atoms with Crippen LogP contribution in [0, 0.1) is 0 Å². The van der Waals surface area contributed by atoms with Crippen molar-refractivity contribution in [3.63, 3.8) is 0 Å². The molecule has 2 heteroatoms. The largest absolute Gasteiger partial charge is 0.326 e. The molecule has 1 N–H and O–H groups in total. The van der Waals surface area contributed by atoms with E-state index in [0.29, 0.717) is 6.42 Å². The lowest BCUT2D eigenvalue weighted by Gasteiger charge is -2.11. The first-order chi connectivity index (χ1) is 9.65. The number of hydrogen-bond donors (Lipinski definition) is 1. The maximum absolute atomic E-state index is 12.1. The fourth-order valence-corrected chi connectivity index (χ4v) is 2.10. The van der Waals surface area contributed by atoms with Gasteiger partial charge in [-0.25, -0.2) is 0 Å². The van der Waals surface area contributed by atoms with Crippen LogP contribution in [-0.4, -0.2) is 5.91 Å². The molecule has 0 bridgehead atoms. The summed E-state index contributed by atoms with van der Waals surface area (Å²) < 4.78 is 0. The van der Waals surface area contributed by atoms with Gasteiger partial charge >= 0.3 is 0 Å². The van der Waals surface area contributed by atoms with Crippen molar-refractivity contribution in [3.8, 4) is 0 Å². The zero-order valence-corrected chi connectivity index (χ0v) is 11.7. The number of anilines is 1. The highest BCUT2D eigenvalue weighted by Crippen LogP contribution is 2.18. The Balaban J connectivity index is 2.06. The topological polar surface area (TPSA) is 29.1 Å². The molecule has 1 amide bonds. The van der Waals surface area contributed by atoms with E-state index >= 15 is 0 Å². The highest BCUT2D eigenvalue weighted by molar-refractivity contribution is 5.93. The van der Waals surface area contributed by atoms with Crippen molar-refractivity contribution in [1.82, 2.24) is 0 Å². The average molecular weight is 265 g/mol. The lowest BCUT2D eigenvalue weighted by Crippen LogP contribution is -2.15. The number of carbonyl (C=O) groups excluding carboxylic acids is 1. The SMILES string of the molecule is C=C(C)Cc1ccccc1NC(=O)Cc1ccccc1. The molecule has 0 aliphatic carbocycles. The zero-order chi connectivity index (χ0) is 14.4. The minimum absolute atomic E-state index is 0.00497. The molecule has 0 spiro atoms. The molecule has 0 atom stereocenters. The number of nitrogens with one attached hydrogen (secondary N) is 1. The van der Waals surface area contributed by atoms with E-state index in [1.807, 2.05) is 61.5 Å². The molecule has 0 aliphatic rings. The zero-order valence-electron chi connectivity index (χ0n) is 11.7. The van der Waals surface area contributed by atoms with Gasteiger partial charge in [0, 0.05) is 5.69 Å². The number of carbonyl (C=O) groups is 1. The van der Waals surface area contributed by atoms with Gasteiger partial charge in [-0.05, 0) is 30.5 Å². The summed E-state index contributed by atoms with van der Waals surface area (Å²) in [6, 6.07) is 17.6. The molecule has 0 unspecified atom stereocenters. The smallest absolute Gasteiger partial charge is 0.228 e. The number of amides is 1. The molecule has 0 radical (unpaired) electrons. The number of para-hydroxylation sites is 1. The minimum atomic E-state index is 0.00497. The summed E-state index contributed by atoms with van der Waals surface area (Å²) in [5.74, 6) is 0.00497. The molecule has 2 aromatic carbocycles. The molecule has 2 aromatic rings. The van der Waals surface area contributed by atoms with Gasteiger partial charge in [-0.2, -0.15) is 0 Å². The third-order valence-electron chi connectivity index (χ3n) is 2.99. The molecule has 0 heterocycles. The Morgan fingerprint density at radius 3 is 2.35 bits per heavy atom. The monoisotopic (exact) mass is 265 g/mol. The Morgan fingerprint density at radius 2 is 1.65 bits per heavy atom. The first-order valence-electron chi connectivity index (χ1n) is 6.71. The summed E-state index contributed by atoms with van der Waals surface area (Å²) in [5.41, 5.74) is 4.06. The Hall–Kier alpha value is -2.35. The van der Waals surface area contributed by atoms with Gasteiger partial charge < -0.3 is 5.32 Å². The number of hydrogen-bond acceptors (Lipinski definition) is 1. The molecule has 20 heavy (non-hydrogen) atoms. The molecule has 0 saturated carbocycles. The van der Waals surface area contributed by atoms with Crippen LogP contribution in [0.3, 0.4) is 0 Å². The molecule has 0 aliphatic heterocycles. The number of rotatable bonds is 5. The molecular formula is C18H19NO. The van der Waals surface area contributed by atoms with Gasteiger partial charge in [-0.1, -0.05) is 60.7 Å². The van der Waals surface area contributed by atoms with E-state index < -0.39 is 0 Å². The van der Waals surface area contributed by atoms with Crippen molar-refractivity contribution in [1.29, 1.82) is 0 Å². The van der Waals surface area contributed by atoms with Crippen molar-refractivity contribution in [2.24, 2.45) is 0 Å². The number of allylic oxidation sites excluding steroid dienone is 1. The van der Waals surface area contributed by atoms with Crippen molar-refractivity contribution in [2.45, 2.75) is 19.8 Å². The molecule has 0 saturated heterocycles. The van der Waals surface area contributed by atoms with E-state index in [4.69, 9.17) is 0 Å². The van der Waals surface area contributed by atoms with Crippen molar-refractivity contribution < 1.29 is 4.79 Å². The van der Waals surface area contributed by atoms with Gasteiger partial charge in [-0.15, -0.1) is 0 Å². The van der Waals surface area contributed by atoms with E-state index in [0.717, 1.165) is 28.8 Å². The third kappa shape index (κ3) is 4.09. The highest BCUT2D eigenvalue weighted by Gasteiger charge is 2.07. The molecular weight excluding hydrogens is 246 g/mol. The van der Waals surface area contributed by atoms with Crippen LogP contribution in [0.25, 0.3) is 0 Å². The van der Waals surface area contributed by atoms with E-state index in [-0.39, 0.29) is 5.91 Å². The first-order valence-corrected chi connectivity index (χ1v) is 6.71. The maximum atomic E-state index is 12.1. The third-order valence-corrected chi connectivity index (χ3v) is 2.99. The van der Waals surface area contributed by atoms with Crippen LogP contribution in [-0.2, 0) is 17.6 Å². The normalized spacial score (nSPS) is 10.1. The fraction of sp³-hybridized carbons (Fsp3) is 0.167. The average Bonchev–Trinajstić information content (AvgIpc) is 2.41. The first kappa shape index (κ1) is 14.1. The summed E-state index contributed by atoms with van der Waals surface area (Å²) in [7, 11) is 0. The lowest BCUT2D eigenvalue weighted by molar-refractivity contribution is -0.115. The number of benzene rings is 2. The van der Waals surface area contributed by atoms with Crippen LogP contribution in [0.4, 0.5) is 5.69 Å². The van der Waals surface area contributed by atoms with Crippen molar-refractivity contribution >= 4 is 11.6 Å². The second kappa shape index (κ2) is 6.71. The highest BCUT2D eigenvalue weighted by atomic mass is 16.1. The van der Waals surface area contributed by atoms with Crippen molar-refractivity contribution in [2.75, 3.05) is 5.32 Å². The van der Waals surface area contributed by atoms with Crippen molar-refractivity contribution in [3.05, 3.63) is 77.9 Å². The predicted molar refractivity (Wildman–Crippen MR) is 83.7 cm³/mol. The van der Waals surface area contributed by atoms with Gasteiger partial charge in [-0.3, -0.25) is 4.79 Å². The molecule has 0 aromatic heterocycles. The van der Waals surface area contributed by atoms with Crippen LogP contribution < -0.4 is 5.32 Å². The summed E-state index contributed by atoms with van der Waals surface area (Å²) in [6.07, 6.45) is 1.17. The second-order valence-electron chi connectivity index (χ2n) is 5.00. The van der Waals surface area contributed by atoms with Gasteiger partial charge in [0.1, 0.15) is 0 Å². The Bertz CT molecular complexity index is 602. The van der Waals surface area contributed by atoms with E-state index in [1.165, 1.54) is 0 Å². The summed E-state index contributed by atoms with van der Waals surface area (Å²) in [6.45, 7) is 5.91. The fourth-order valence-electron chi connectivity index (χ4n) is 2.10. The van der Waals surface area contributed by atoms with Crippen LogP contribution in [0.15, 0.2) is 66.7 Å². The summed E-state index contributed by atoms with van der Waals surface area (Å²) in [4.78, 5) is 12.1. The lowest BCUT2D eigenvalue weighted by atomic mass is 10.1. The van der Waals surface area contributed by atoms with E-state index in [1.54, 1.807) is 0 Å². The standard InChI is InChI=1S/C18H19NO/c1-14(2)12-16-10-6-7-11-17(16)19-18(20)13-15-8-4-3-5-9-15/h3-11H,1,12-13H2,2H3,(H,19,20). The Morgan fingerprint density at radius 1 is 1.00 bits per heavy atom. The van der Waals surface area contributed by atoms with Crippen LogP contribution >= 0.6 is 0 Å². The predicted octanol–water partition coefficient (Wildman–Crippen LogP) is 3.99. The molecule has 2 rings (SSSR count). The summed E-state index contributed by atoms with van der Waals surface area (Å²) >= 11 is 0. The van der Waals surface area contributed by atoms with Crippen LogP contribution in [0.2, 0.25) is 0 Å². The second-order valence-corrected chi connectivity index (χ2v) is 5.00.